The summed E-state index contributed by atoms with van der Waals surface area (Å²) in [5.41, 5.74) is 6.17. The second kappa shape index (κ2) is 6.57. The molecule has 0 radical (unpaired) electrons. The van der Waals surface area contributed by atoms with Gasteiger partial charge < -0.3 is 14.6 Å². The number of pyridine rings is 1. The molecular weight excluding hydrogens is 326 g/mol. The zero-order valence-corrected chi connectivity index (χ0v) is 15.4. The van der Waals surface area contributed by atoms with Crippen LogP contribution in [0.25, 0.3) is 10.9 Å². The van der Waals surface area contributed by atoms with Crippen molar-refractivity contribution in [3.63, 3.8) is 0 Å². The molecule has 2 aromatic heterocycles. The second-order valence-corrected chi connectivity index (χ2v) is 6.98. The average Bonchev–Trinajstić information content (AvgIpc) is 2.95. The first kappa shape index (κ1) is 16.8. The number of H-pyrrole nitrogens is 1. The van der Waals surface area contributed by atoms with E-state index < -0.39 is 0 Å². The molecule has 3 heterocycles. The number of rotatable bonds is 2. The van der Waals surface area contributed by atoms with E-state index >= 15 is 0 Å². The zero-order valence-electron chi connectivity index (χ0n) is 15.4. The average molecular weight is 349 g/mol. The van der Waals surface area contributed by atoms with E-state index in [0.717, 1.165) is 33.4 Å². The number of fused-ring (bicyclic) bond motifs is 1. The number of ether oxygens (including phenoxy) is 1. The maximum atomic E-state index is 13.1. The maximum Gasteiger partial charge on any atom is 0.254 e. The van der Waals surface area contributed by atoms with Crippen LogP contribution in [0.4, 0.5) is 0 Å². The maximum absolute atomic E-state index is 13.1. The molecule has 1 amide bonds. The van der Waals surface area contributed by atoms with E-state index in [4.69, 9.17) is 4.74 Å². The van der Waals surface area contributed by atoms with Gasteiger partial charge in [-0.25, -0.2) is 0 Å². The molecule has 1 aliphatic rings. The second-order valence-electron chi connectivity index (χ2n) is 6.98. The van der Waals surface area contributed by atoms with E-state index in [2.05, 4.69) is 23.8 Å². The van der Waals surface area contributed by atoms with Gasteiger partial charge in [0.2, 0.25) is 0 Å². The van der Waals surface area contributed by atoms with E-state index in [1.807, 2.05) is 42.2 Å². The smallest absolute Gasteiger partial charge is 0.254 e. The third-order valence-electron chi connectivity index (χ3n) is 5.20. The van der Waals surface area contributed by atoms with Crippen molar-refractivity contribution in [1.82, 2.24) is 14.9 Å². The highest BCUT2D eigenvalue weighted by molar-refractivity contribution is 5.99. The van der Waals surface area contributed by atoms with Crippen LogP contribution in [-0.4, -0.2) is 40.5 Å². The summed E-state index contributed by atoms with van der Waals surface area (Å²) in [7, 11) is 0. The van der Waals surface area contributed by atoms with Gasteiger partial charge >= 0.3 is 0 Å². The number of amides is 1. The first-order valence-electron chi connectivity index (χ1n) is 8.95. The third-order valence-corrected chi connectivity index (χ3v) is 5.20. The van der Waals surface area contributed by atoms with Gasteiger partial charge in [-0.1, -0.05) is 0 Å². The lowest BCUT2D eigenvalue weighted by molar-refractivity contribution is -0.0228. The molecule has 5 heteroatoms. The molecule has 3 aromatic rings. The Kier molecular flexibility index (Phi) is 4.24. The van der Waals surface area contributed by atoms with Crippen LogP contribution in [0.15, 0.2) is 36.5 Å². The van der Waals surface area contributed by atoms with Gasteiger partial charge in [-0.15, -0.1) is 0 Å². The highest BCUT2D eigenvalue weighted by Gasteiger charge is 2.26. The van der Waals surface area contributed by atoms with E-state index in [-0.39, 0.29) is 12.0 Å². The van der Waals surface area contributed by atoms with Crippen LogP contribution >= 0.6 is 0 Å². The molecule has 1 fully saturated rings. The van der Waals surface area contributed by atoms with Gasteiger partial charge in [0.25, 0.3) is 5.91 Å². The number of nitrogens with one attached hydrogen (secondary N) is 1. The first-order chi connectivity index (χ1) is 12.5. The van der Waals surface area contributed by atoms with Crippen molar-refractivity contribution in [1.29, 1.82) is 0 Å². The molecule has 0 bridgehead atoms. The molecule has 1 unspecified atom stereocenters. The number of aryl methyl sites for hydroxylation is 3. The number of aromatic amines is 1. The van der Waals surface area contributed by atoms with Crippen LogP contribution < -0.4 is 0 Å². The van der Waals surface area contributed by atoms with Crippen molar-refractivity contribution in [3.05, 3.63) is 64.6 Å². The van der Waals surface area contributed by atoms with E-state index in [1.165, 1.54) is 5.56 Å². The Morgan fingerprint density at radius 2 is 2.08 bits per heavy atom. The highest BCUT2D eigenvalue weighted by Crippen LogP contribution is 2.26. The number of hydrogen-bond acceptors (Lipinski definition) is 3. The summed E-state index contributed by atoms with van der Waals surface area (Å²) in [4.78, 5) is 22.5. The molecular formula is C21H23N3O2. The molecule has 1 N–H and O–H groups in total. The van der Waals surface area contributed by atoms with E-state index in [1.54, 1.807) is 6.20 Å². The highest BCUT2D eigenvalue weighted by atomic mass is 16.5. The van der Waals surface area contributed by atoms with Crippen molar-refractivity contribution in [2.75, 3.05) is 19.7 Å². The van der Waals surface area contributed by atoms with Crippen LogP contribution in [0.2, 0.25) is 0 Å². The lowest BCUT2D eigenvalue weighted by atomic mass is 10.1. The molecule has 1 aliphatic heterocycles. The van der Waals surface area contributed by atoms with Gasteiger partial charge in [-0.05, 0) is 62.2 Å². The third kappa shape index (κ3) is 2.99. The molecule has 0 aliphatic carbocycles. The van der Waals surface area contributed by atoms with Crippen molar-refractivity contribution in [2.24, 2.45) is 0 Å². The Morgan fingerprint density at radius 3 is 2.88 bits per heavy atom. The number of carbonyl (C=O) groups excluding carboxylic acids is 1. The number of hydrogen-bond donors (Lipinski definition) is 1. The minimum Gasteiger partial charge on any atom is -0.370 e. The molecule has 1 aromatic carbocycles. The molecule has 0 spiro atoms. The number of morpholine rings is 1. The summed E-state index contributed by atoms with van der Waals surface area (Å²) in [6.07, 6.45) is 1.69. The fourth-order valence-electron chi connectivity index (χ4n) is 3.58. The Bertz CT molecular complexity index is 977. The van der Waals surface area contributed by atoms with Crippen LogP contribution in [0, 0.1) is 20.8 Å². The largest absolute Gasteiger partial charge is 0.370 e. The predicted molar refractivity (Wildman–Crippen MR) is 101 cm³/mol. The van der Waals surface area contributed by atoms with Gasteiger partial charge in [-0.2, -0.15) is 0 Å². The van der Waals surface area contributed by atoms with Crippen LogP contribution in [0.5, 0.6) is 0 Å². The summed E-state index contributed by atoms with van der Waals surface area (Å²) in [5.74, 6) is 0.0595. The van der Waals surface area contributed by atoms with Gasteiger partial charge in [0, 0.05) is 40.6 Å². The number of benzene rings is 1. The van der Waals surface area contributed by atoms with Gasteiger partial charge in [0.15, 0.2) is 0 Å². The van der Waals surface area contributed by atoms with Crippen molar-refractivity contribution < 1.29 is 9.53 Å². The standard InChI is InChI=1S/C21H23N3O2/c1-13-10-16(6-7-22-13)20-12-24(8-9-26-20)21(25)17-4-5-19-18(11-17)14(2)15(3)23-19/h4-7,10-11,20,23H,8-9,12H2,1-3H3. The Balaban J connectivity index is 1.58. The summed E-state index contributed by atoms with van der Waals surface area (Å²) in [5, 5.41) is 1.11. The lowest BCUT2D eigenvalue weighted by Crippen LogP contribution is -2.42. The molecule has 4 rings (SSSR count). The SMILES string of the molecule is Cc1cc(C2CN(C(=O)c3ccc4[nH]c(C)c(C)c4c3)CCO2)ccn1. The van der Waals surface area contributed by atoms with Crippen LogP contribution in [0.1, 0.15) is 39.0 Å². The summed E-state index contributed by atoms with van der Waals surface area (Å²) >= 11 is 0. The van der Waals surface area contributed by atoms with Crippen molar-refractivity contribution >= 4 is 16.8 Å². The summed E-state index contributed by atoms with van der Waals surface area (Å²) in [6, 6.07) is 9.88. The Labute approximate surface area is 153 Å². The van der Waals surface area contributed by atoms with Crippen LogP contribution in [0.3, 0.4) is 0 Å². The minimum atomic E-state index is -0.102. The molecule has 134 valence electrons. The van der Waals surface area contributed by atoms with Gasteiger partial charge in [0.1, 0.15) is 6.10 Å². The Hall–Kier alpha value is -2.66. The fourth-order valence-corrected chi connectivity index (χ4v) is 3.58. The monoisotopic (exact) mass is 349 g/mol. The first-order valence-corrected chi connectivity index (χ1v) is 8.95. The molecule has 1 saturated heterocycles. The normalized spacial score (nSPS) is 17.7. The zero-order chi connectivity index (χ0) is 18.3. The van der Waals surface area contributed by atoms with E-state index in [0.29, 0.717) is 19.7 Å². The predicted octanol–water partition coefficient (Wildman–Crippen LogP) is 3.70. The van der Waals surface area contributed by atoms with Crippen molar-refractivity contribution in [3.8, 4) is 0 Å². The molecule has 1 atom stereocenters. The van der Waals surface area contributed by atoms with Crippen LogP contribution in [-0.2, 0) is 4.74 Å². The number of carbonyl (C=O) groups is 1. The fraction of sp³-hybridized carbons (Fsp3) is 0.333. The topological polar surface area (TPSA) is 58.2 Å². The molecule has 5 nitrogen and oxygen atoms in total. The van der Waals surface area contributed by atoms with Crippen molar-refractivity contribution in [2.45, 2.75) is 26.9 Å². The minimum absolute atomic E-state index is 0.0595. The summed E-state index contributed by atoms with van der Waals surface area (Å²) in [6.45, 7) is 7.82. The molecule has 26 heavy (non-hydrogen) atoms. The van der Waals surface area contributed by atoms with E-state index in [9.17, 15) is 4.79 Å². The van der Waals surface area contributed by atoms with Gasteiger partial charge in [-0.3, -0.25) is 9.78 Å². The summed E-state index contributed by atoms with van der Waals surface area (Å²) < 4.78 is 5.90. The Morgan fingerprint density at radius 1 is 1.23 bits per heavy atom. The lowest BCUT2D eigenvalue weighted by Gasteiger charge is -2.33. The number of nitrogens with zero attached hydrogens (tertiary/aromatic N) is 2. The van der Waals surface area contributed by atoms with Gasteiger partial charge in [0.05, 0.1) is 13.2 Å². The number of aromatic nitrogens is 2. The quantitative estimate of drug-likeness (QED) is 0.767. The molecule has 0 saturated carbocycles.